The lowest BCUT2D eigenvalue weighted by Crippen LogP contribution is -2.29. The zero-order chi connectivity index (χ0) is 8.27. The Hall–Kier alpha value is -0.0400. The molecule has 1 aliphatic carbocycles. The first-order chi connectivity index (χ1) is 5.27. The quantitative estimate of drug-likeness (QED) is 0.648. The van der Waals surface area contributed by atoms with E-state index < -0.39 is 0 Å². The molecule has 1 unspecified atom stereocenters. The van der Waals surface area contributed by atoms with E-state index in [1.165, 1.54) is 32.1 Å². The summed E-state index contributed by atoms with van der Waals surface area (Å²) in [6.45, 7) is 4.50. The van der Waals surface area contributed by atoms with Crippen molar-refractivity contribution >= 4 is 0 Å². The second-order valence-corrected chi connectivity index (χ2v) is 3.92. The van der Waals surface area contributed by atoms with Crippen molar-refractivity contribution in [3.8, 4) is 0 Å². The molecule has 1 saturated carbocycles. The summed E-state index contributed by atoms with van der Waals surface area (Å²) in [6, 6.07) is 0.484. The number of hydrogen-bond donors (Lipinski definition) is 1. The van der Waals surface area contributed by atoms with Crippen LogP contribution in [0.4, 0.5) is 0 Å². The summed E-state index contributed by atoms with van der Waals surface area (Å²) in [5.41, 5.74) is 6.08. The molecule has 1 aliphatic rings. The third-order valence-corrected chi connectivity index (χ3v) is 2.96. The second-order valence-electron chi connectivity index (χ2n) is 3.92. The fourth-order valence-corrected chi connectivity index (χ4v) is 1.83. The first-order valence-corrected chi connectivity index (χ1v) is 5.03. The van der Waals surface area contributed by atoms with Gasteiger partial charge in [-0.1, -0.05) is 39.5 Å². The molecule has 0 amide bonds. The first-order valence-electron chi connectivity index (χ1n) is 5.03. The average molecular weight is 155 g/mol. The van der Waals surface area contributed by atoms with Crippen LogP contribution in [0, 0.1) is 11.8 Å². The largest absolute Gasteiger partial charge is 0.327 e. The third-order valence-electron chi connectivity index (χ3n) is 2.96. The molecule has 11 heavy (non-hydrogen) atoms. The van der Waals surface area contributed by atoms with Crippen molar-refractivity contribution in [1.82, 2.24) is 0 Å². The Kier molecular flexibility index (Phi) is 3.38. The van der Waals surface area contributed by atoms with E-state index in [0.717, 1.165) is 11.8 Å². The number of nitrogens with two attached hydrogens (primary N) is 1. The highest BCUT2D eigenvalue weighted by molar-refractivity contribution is 4.81. The standard InChI is InChI=1S/C10H21N/c1-3-9(4-2)10(11)7-8-5-6-8/h8-10H,3-7,11H2,1-2H3. The number of rotatable bonds is 5. The van der Waals surface area contributed by atoms with Gasteiger partial charge in [-0.2, -0.15) is 0 Å². The lowest BCUT2D eigenvalue weighted by Gasteiger charge is -2.20. The molecule has 0 heterocycles. The molecule has 0 aromatic rings. The molecule has 0 aliphatic heterocycles. The van der Waals surface area contributed by atoms with Crippen LogP contribution in [0.1, 0.15) is 46.0 Å². The first kappa shape index (κ1) is 9.05. The summed E-state index contributed by atoms with van der Waals surface area (Å²) in [5, 5.41) is 0. The van der Waals surface area contributed by atoms with Gasteiger partial charge in [0.15, 0.2) is 0 Å². The van der Waals surface area contributed by atoms with Crippen molar-refractivity contribution in [3.63, 3.8) is 0 Å². The van der Waals surface area contributed by atoms with Crippen LogP contribution in [0.3, 0.4) is 0 Å². The topological polar surface area (TPSA) is 26.0 Å². The Bertz CT molecular complexity index is 103. The summed E-state index contributed by atoms with van der Waals surface area (Å²) in [6.07, 6.45) is 6.67. The molecular weight excluding hydrogens is 134 g/mol. The van der Waals surface area contributed by atoms with Crippen LogP contribution in [0.25, 0.3) is 0 Å². The Morgan fingerprint density at radius 2 is 1.82 bits per heavy atom. The van der Waals surface area contributed by atoms with Gasteiger partial charge in [-0.15, -0.1) is 0 Å². The fraction of sp³-hybridized carbons (Fsp3) is 1.00. The molecule has 1 fully saturated rings. The van der Waals surface area contributed by atoms with Crippen molar-refractivity contribution in [3.05, 3.63) is 0 Å². The molecule has 1 nitrogen and oxygen atoms in total. The highest BCUT2D eigenvalue weighted by atomic mass is 14.7. The van der Waals surface area contributed by atoms with Crippen molar-refractivity contribution in [2.45, 2.75) is 52.0 Å². The minimum atomic E-state index is 0.484. The maximum Gasteiger partial charge on any atom is 0.00695 e. The molecule has 66 valence electrons. The van der Waals surface area contributed by atoms with E-state index in [-0.39, 0.29) is 0 Å². The van der Waals surface area contributed by atoms with Crippen LogP contribution >= 0.6 is 0 Å². The lowest BCUT2D eigenvalue weighted by atomic mass is 9.91. The Labute approximate surface area is 70.4 Å². The minimum Gasteiger partial charge on any atom is -0.327 e. The molecule has 0 spiro atoms. The minimum absolute atomic E-state index is 0.484. The molecule has 0 saturated heterocycles. The van der Waals surface area contributed by atoms with Gasteiger partial charge in [0.1, 0.15) is 0 Å². The highest BCUT2D eigenvalue weighted by Gasteiger charge is 2.26. The van der Waals surface area contributed by atoms with E-state index in [1.54, 1.807) is 0 Å². The molecule has 1 rings (SSSR count). The zero-order valence-electron chi connectivity index (χ0n) is 7.84. The Morgan fingerprint density at radius 1 is 1.27 bits per heavy atom. The molecule has 0 bridgehead atoms. The van der Waals surface area contributed by atoms with Crippen molar-refractivity contribution in [1.29, 1.82) is 0 Å². The fourth-order valence-electron chi connectivity index (χ4n) is 1.83. The predicted molar refractivity (Wildman–Crippen MR) is 49.4 cm³/mol. The summed E-state index contributed by atoms with van der Waals surface area (Å²) in [7, 11) is 0. The zero-order valence-corrected chi connectivity index (χ0v) is 7.84. The van der Waals surface area contributed by atoms with E-state index in [4.69, 9.17) is 5.73 Å². The van der Waals surface area contributed by atoms with Gasteiger partial charge < -0.3 is 5.73 Å². The van der Waals surface area contributed by atoms with Gasteiger partial charge in [-0.3, -0.25) is 0 Å². The van der Waals surface area contributed by atoms with Gasteiger partial charge in [-0.05, 0) is 18.3 Å². The van der Waals surface area contributed by atoms with Crippen LogP contribution in [-0.4, -0.2) is 6.04 Å². The van der Waals surface area contributed by atoms with Crippen molar-refractivity contribution < 1.29 is 0 Å². The monoisotopic (exact) mass is 155 g/mol. The van der Waals surface area contributed by atoms with E-state index in [1.807, 2.05) is 0 Å². The number of hydrogen-bond acceptors (Lipinski definition) is 1. The van der Waals surface area contributed by atoms with Crippen LogP contribution < -0.4 is 5.73 Å². The molecule has 0 aromatic heterocycles. The van der Waals surface area contributed by atoms with Gasteiger partial charge in [-0.25, -0.2) is 0 Å². The molecular formula is C10H21N. The molecule has 1 atom stereocenters. The third kappa shape index (κ3) is 2.82. The molecule has 0 radical (unpaired) electrons. The summed E-state index contributed by atoms with van der Waals surface area (Å²) < 4.78 is 0. The predicted octanol–water partition coefficient (Wildman–Crippen LogP) is 2.55. The second kappa shape index (κ2) is 4.10. The van der Waals surface area contributed by atoms with Crippen LogP contribution in [-0.2, 0) is 0 Å². The van der Waals surface area contributed by atoms with Crippen molar-refractivity contribution in [2.24, 2.45) is 17.6 Å². The smallest absolute Gasteiger partial charge is 0.00695 e. The summed E-state index contributed by atoms with van der Waals surface area (Å²) in [4.78, 5) is 0. The van der Waals surface area contributed by atoms with E-state index in [2.05, 4.69) is 13.8 Å². The van der Waals surface area contributed by atoms with E-state index in [9.17, 15) is 0 Å². The normalized spacial score (nSPS) is 20.7. The van der Waals surface area contributed by atoms with Crippen molar-refractivity contribution in [2.75, 3.05) is 0 Å². The maximum absolute atomic E-state index is 6.08. The van der Waals surface area contributed by atoms with Gasteiger partial charge in [0.2, 0.25) is 0 Å². The average Bonchev–Trinajstić information content (AvgIpc) is 2.74. The summed E-state index contributed by atoms with van der Waals surface area (Å²) in [5.74, 6) is 1.76. The van der Waals surface area contributed by atoms with Crippen LogP contribution in [0.5, 0.6) is 0 Å². The Morgan fingerprint density at radius 3 is 2.18 bits per heavy atom. The van der Waals surface area contributed by atoms with Gasteiger partial charge in [0, 0.05) is 6.04 Å². The lowest BCUT2D eigenvalue weighted by molar-refractivity contribution is 0.365. The van der Waals surface area contributed by atoms with Gasteiger partial charge in [0.05, 0.1) is 0 Å². The summed E-state index contributed by atoms with van der Waals surface area (Å²) >= 11 is 0. The van der Waals surface area contributed by atoms with Gasteiger partial charge >= 0.3 is 0 Å². The highest BCUT2D eigenvalue weighted by Crippen LogP contribution is 2.35. The molecule has 1 heteroatoms. The Balaban J connectivity index is 2.18. The van der Waals surface area contributed by atoms with E-state index >= 15 is 0 Å². The van der Waals surface area contributed by atoms with E-state index in [0.29, 0.717) is 6.04 Å². The molecule has 2 N–H and O–H groups in total. The van der Waals surface area contributed by atoms with Crippen LogP contribution in [0.2, 0.25) is 0 Å². The SMILES string of the molecule is CCC(CC)C(N)CC1CC1. The maximum atomic E-state index is 6.08. The van der Waals surface area contributed by atoms with Gasteiger partial charge in [0.25, 0.3) is 0 Å². The molecule has 0 aromatic carbocycles. The van der Waals surface area contributed by atoms with Crippen LogP contribution in [0.15, 0.2) is 0 Å².